The molecule has 112 valence electrons. The third-order valence-corrected chi connectivity index (χ3v) is 4.36. The molecule has 1 aromatic heterocycles. The van der Waals surface area contributed by atoms with Gasteiger partial charge in [-0.15, -0.1) is 0 Å². The van der Waals surface area contributed by atoms with Crippen LogP contribution in [0.5, 0.6) is 5.75 Å². The Balaban J connectivity index is 1.88. The van der Waals surface area contributed by atoms with E-state index in [1.807, 2.05) is 30.0 Å². The number of aromatic nitrogens is 1. The van der Waals surface area contributed by atoms with Crippen LogP contribution in [0.3, 0.4) is 0 Å². The first kappa shape index (κ1) is 14.0. The van der Waals surface area contributed by atoms with Crippen molar-refractivity contribution in [2.75, 3.05) is 20.2 Å². The van der Waals surface area contributed by atoms with Gasteiger partial charge in [-0.3, -0.25) is 4.79 Å². The Hall–Kier alpha value is -1.97. The summed E-state index contributed by atoms with van der Waals surface area (Å²) in [4.78, 5) is 17.9. The van der Waals surface area contributed by atoms with E-state index < -0.39 is 0 Å². The van der Waals surface area contributed by atoms with Crippen LogP contribution in [-0.4, -0.2) is 36.0 Å². The monoisotopic (exact) mass is 286 g/mol. The summed E-state index contributed by atoms with van der Waals surface area (Å²) >= 11 is 0. The third kappa shape index (κ3) is 2.75. The molecule has 0 spiro atoms. The van der Waals surface area contributed by atoms with Crippen molar-refractivity contribution in [2.24, 2.45) is 0 Å². The van der Waals surface area contributed by atoms with E-state index in [0.29, 0.717) is 6.42 Å². The predicted octanol–water partition coefficient (Wildman–Crippen LogP) is 3.04. The molecule has 3 rings (SSSR count). The number of hydrogen-bond donors (Lipinski definition) is 1. The molecule has 0 saturated carbocycles. The standard InChI is InChI=1S/C17H22N2O2/c1-12-14(11-17(20)19-8-4-3-5-9-19)15-10-13(21-2)6-7-16(15)18-12/h6-7,10,18H,3-5,8-9,11H2,1-2H3. The highest BCUT2D eigenvalue weighted by atomic mass is 16.5. The SMILES string of the molecule is COc1ccc2[nH]c(C)c(CC(=O)N3CCCCC3)c2c1. The van der Waals surface area contributed by atoms with Gasteiger partial charge in [-0.05, 0) is 49.9 Å². The maximum absolute atomic E-state index is 12.5. The van der Waals surface area contributed by atoms with E-state index in [1.54, 1.807) is 7.11 Å². The molecule has 0 bridgehead atoms. The molecule has 0 radical (unpaired) electrons. The number of amides is 1. The number of hydrogen-bond acceptors (Lipinski definition) is 2. The molecule has 0 aliphatic carbocycles. The maximum Gasteiger partial charge on any atom is 0.227 e. The van der Waals surface area contributed by atoms with Gasteiger partial charge >= 0.3 is 0 Å². The molecule has 1 N–H and O–H groups in total. The number of fused-ring (bicyclic) bond motifs is 1. The minimum absolute atomic E-state index is 0.238. The van der Waals surface area contributed by atoms with Gasteiger partial charge in [0.2, 0.25) is 5.91 Å². The van der Waals surface area contributed by atoms with Crippen LogP contribution in [0.15, 0.2) is 18.2 Å². The predicted molar refractivity (Wildman–Crippen MR) is 83.7 cm³/mol. The molecule has 4 nitrogen and oxygen atoms in total. The number of nitrogens with one attached hydrogen (secondary N) is 1. The van der Waals surface area contributed by atoms with Gasteiger partial charge in [-0.2, -0.15) is 0 Å². The number of aryl methyl sites for hydroxylation is 1. The second-order valence-corrected chi connectivity index (χ2v) is 5.76. The molecule has 1 amide bonds. The molecule has 1 aliphatic heterocycles. The van der Waals surface area contributed by atoms with Gasteiger partial charge in [0.15, 0.2) is 0 Å². The summed E-state index contributed by atoms with van der Waals surface area (Å²) in [6.07, 6.45) is 3.98. The summed E-state index contributed by atoms with van der Waals surface area (Å²) in [5.74, 6) is 1.06. The number of carbonyl (C=O) groups excluding carboxylic acids is 1. The summed E-state index contributed by atoms with van der Waals surface area (Å²) in [6, 6.07) is 5.96. The first-order chi connectivity index (χ1) is 10.2. The van der Waals surface area contributed by atoms with Crippen LogP contribution in [-0.2, 0) is 11.2 Å². The zero-order chi connectivity index (χ0) is 14.8. The number of ether oxygens (including phenoxy) is 1. The fourth-order valence-electron chi connectivity index (χ4n) is 3.12. The van der Waals surface area contributed by atoms with Crippen molar-refractivity contribution < 1.29 is 9.53 Å². The second kappa shape index (κ2) is 5.80. The van der Waals surface area contributed by atoms with Gasteiger partial charge in [0.05, 0.1) is 13.5 Å². The molecule has 0 atom stereocenters. The number of nitrogens with zero attached hydrogens (tertiary/aromatic N) is 1. The Kier molecular flexibility index (Phi) is 3.86. The van der Waals surface area contributed by atoms with Crippen molar-refractivity contribution in [1.82, 2.24) is 9.88 Å². The van der Waals surface area contributed by atoms with Crippen molar-refractivity contribution in [3.63, 3.8) is 0 Å². The van der Waals surface area contributed by atoms with Crippen LogP contribution in [0.1, 0.15) is 30.5 Å². The Morgan fingerprint density at radius 1 is 1.29 bits per heavy atom. The number of rotatable bonds is 3. The first-order valence-electron chi connectivity index (χ1n) is 7.62. The number of piperidine rings is 1. The van der Waals surface area contributed by atoms with Crippen LogP contribution in [0.25, 0.3) is 10.9 Å². The summed E-state index contributed by atoms with van der Waals surface area (Å²) in [5.41, 5.74) is 3.23. The van der Waals surface area contributed by atoms with Crippen LogP contribution >= 0.6 is 0 Å². The third-order valence-electron chi connectivity index (χ3n) is 4.36. The van der Waals surface area contributed by atoms with Gasteiger partial charge < -0.3 is 14.6 Å². The molecule has 2 aromatic rings. The van der Waals surface area contributed by atoms with Crippen molar-refractivity contribution in [2.45, 2.75) is 32.6 Å². The van der Waals surface area contributed by atoms with E-state index in [9.17, 15) is 4.79 Å². The van der Waals surface area contributed by atoms with Gasteiger partial charge in [-0.1, -0.05) is 0 Å². The minimum Gasteiger partial charge on any atom is -0.497 e. The second-order valence-electron chi connectivity index (χ2n) is 5.76. The van der Waals surface area contributed by atoms with Crippen molar-refractivity contribution >= 4 is 16.8 Å². The van der Waals surface area contributed by atoms with E-state index in [4.69, 9.17) is 4.74 Å². The quantitative estimate of drug-likeness (QED) is 0.942. The average molecular weight is 286 g/mol. The van der Waals surface area contributed by atoms with E-state index >= 15 is 0 Å². The Morgan fingerprint density at radius 2 is 2.05 bits per heavy atom. The van der Waals surface area contributed by atoms with Crippen molar-refractivity contribution in [3.05, 3.63) is 29.5 Å². The van der Waals surface area contributed by atoms with Crippen LogP contribution in [0.4, 0.5) is 0 Å². The lowest BCUT2D eigenvalue weighted by molar-refractivity contribution is -0.131. The average Bonchev–Trinajstić information content (AvgIpc) is 2.83. The topological polar surface area (TPSA) is 45.3 Å². The lowest BCUT2D eigenvalue weighted by Crippen LogP contribution is -2.36. The molecular formula is C17H22N2O2. The molecule has 21 heavy (non-hydrogen) atoms. The molecule has 4 heteroatoms. The van der Waals surface area contributed by atoms with Crippen LogP contribution in [0, 0.1) is 6.92 Å². The summed E-state index contributed by atoms with van der Waals surface area (Å²) in [6.45, 7) is 3.85. The van der Waals surface area contributed by atoms with E-state index in [0.717, 1.165) is 53.8 Å². The molecule has 1 aromatic carbocycles. The van der Waals surface area contributed by atoms with Gasteiger partial charge in [0.25, 0.3) is 0 Å². The lowest BCUT2D eigenvalue weighted by atomic mass is 10.1. The van der Waals surface area contributed by atoms with Gasteiger partial charge in [-0.25, -0.2) is 0 Å². The van der Waals surface area contributed by atoms with Crippen LogP contribution in [0.2, 0.25) is 0 Å². The zero-order valence-corrected chi connectivity index (χ0v) is 12.7. The fraction of sp³-hybridized carbons (Fsp3) is 0.471. The normalized spacial score (nSPS) is 15.4. The van der Waals surface area contributed by atoms with E-state index in [2.05, 4.69) is 4.98 Å². The molecular weight excluding hydrogens is 264 g/mol. The molecule has 0 unspecified atom stereocenters. The fourth-order valence-corrected chi connectivity index (χ4v) is 3.12. The molecule has 1 saturated heterocycles. The lowest BCUT2D eigenvalue weighted by Gasteiger charge is -2.26. The number of H-pyrrole nitrogens is 1. The molecule has 1 aliphatic rings. The van der Waals surface area contributed by atoms with Crippen molar-refractivity contribution in [1.29, 1.82) is 0 Å². The number of methoxy groups -OCH3 is 1. The van der Waals surface area contributed by atoms with Gasteiger partial charge in [0.1, 0.15) is 5.75 Å². The summed E-state index contributed by atoms with van der Waals surface area (Å²) in [5, 5.41) is 1.09. The molecule has 1 fully saturated rings. The Labute approximate surface area is 125 Å². The number of benzene rings is 1. The highest BCUT2D eigenvalue weighted by Gasteiger charge is 2.19. The minimum atomic E-state index is 0.238. The Bertz CT molecular complexity index is 654. The summed E-state index contributed by atoms with van der Waals surface area (Å²) in [7, 11) is 1.67. The van der Waals surface area contributed by atoms with E-state index in [-0.39, 0.29) is 5.91 Å². The van der Waals surface area contributed by atoms with Crippen molar-refractivity contribution in [3.8, 4) is 5.75 Å². The number of aromatic amines is 1. The smallest absolute Gasteiger partial charge is 0.227 e. The van der Waals surface area contributed by atoms with Crippen LogP contribution < -0.4 is 4.74 Å². The first-order valence-corrected chi connectivity index (χ1v) is 7.62. The number of carbonyl (C=O) groups is 1. The largest absolute Gasteiger partial charge is 0.497 e. The highest BCUT2D eigenvalue weighted by Crippen LogP contribution is 2.27. The maximum atomic E-state index is 12.5. The van der Waals surface area contributed by atoms with E-state index in [1.165, 1.54) is 6.42 Å². The highest BCUT2D eigenvalue weighted by molar-refractivity contribution is 5.91. The number of likely N-dealkylation sites (tertiary alicyclic amines) is 1. The Morgan fingerprint density at radius 3 is 2.76 bits per heavy atom. The van der Waals surface area contributed by atoms with Gasteiger partial charge in [0, 0.05) is 29.7 Å². The molecule has 2 heterocycles. The summed E-state index contributed by atoms with van der Waals surface area (Å²) < 4.78 is 5.30. The zero-order valence-electron chi connectivity index (χ0n) is 12.7.